The fourth-order valence-electron chi connectivity index (χ4n) is 2.04. The van der Waals surface area contributed by atoms with Crippen LogP contribution in [0.4, 0.5) is 4.79 Å². The molecule has 1 unspecified atom stereocenters. The Kier molecular flexibility index (Phi) is 5.31. The van der Waals surface area contributed by atoms with E-state index in [1.165, 1.54) is 17.3 Å². The second-order valence-electron chi connectivity index (χ2n) is 6.06. The highest BCUT2D eigenvalue weighted by Crippen LogP contribution is 2.23. The highest BCUT2D eigenvalue weighted by molar-refractivity contribution is 8.06. The van der Waals surface area contributed by atoms with Crippen molar-refractivity contribution < 1.29 is 9.53 Å². The molecule has 2 saturated heterocycles. The molecule has 0 saturated carbocycles. The summed E-state index contributed by atoms with van der Waals surface area (Å²) in [6.45, 7) is 8.32. The van der Waals surface area contributed by atoms with Crippen LogP contribution in [0.5, 0.6) is 0 Å². The number of carbonyl (C=O) groups excluding carboxylic acids is 1. The number of nitrogens with zero attached hydrogens (tertiary/aromatic N) is 1. The Hall–Kier alpha value is -0.0700. The normalized spacial score (nSPS) is 25.0. The number of nitrogens with one attached hydrogen (secondary N) is 1. The zero-order valence-electron chi connectivity index (χ0n) is 12.0. The van der Waals surface area contributed by atoms with Gasteiger partial charge < -0.3 is 15.0 Å². The second kappa shape index (κ2) is 6.59. The summed E-state index contributed by atoms with van der Waals surface area (Å²) in [7, 11) is 0. The molecule has 1 N–H and O–H groups in total. The van der Waals surface area contributed by atoms with Gasteiger partial charge >= 0.3 is 6.09 Å². The van der Waals surface area contributed by atoms with Crippen molar-refractivity contribution in [2.24, 2.45) is 0 Å². The van der Waals surface area contributed by atoms with Crippen molar-refractivity contribution in [3.05, 3.63) is 0 Å². The number of thioether (sulfide) groups is 2. The number of rotatable bonds is 3. The lowest BCUT2D eigenvalue weighted by atomic mass is 10.1. The van der Waals surface area contributed by atoms with E-state index >= 15 is 0 Å². The Morgan fingerprint density at radius 1 is 1.37 bits per heavy atom. The van der Waals surface area contributed by atoms with Gasteiger partial charge in [0.05, 0.1) is 0 Å². The first kappa shape index (κ1) is 15.3. The van der Waals surface area contributed by atoms with E-state index in [2.05, 4.69) is 17.1 Å². The summed E-state index contributed by atoms with van der Waals surface area (Å²) in [5, 5.41) is 4.28. The van der Waals surface area contributed by atoms with Crippen molar-refractivity contribution >= 4 is 29.6 Å². The van der Waals surface area contributed by atoms with E-state index in [0.29, 0.717) is 6.04 Å². The van der Waals surface area contributed by atoms with Gasteiger partial charge in [0, 0.05) is 48.2 Å². The van der Waals surface area contributed by atoms with Gasteiger partial charge in [-0.3, -0.25) is 0 Å². The van der Waals surface area contributed by atoms with Gasteiger partial charge in [-0.1, -0.05) is 0 Å². The largest absolute Gasteiger partial charge is 0.444 e. The Morgan fingerprint density at radius 2 is 2.11 bits per heavy atom. The molecule has 0 aromatic heterocycles. The fourth-order valence-corrected chi connectivity index (χ4v) is 4.66. The number of hydrogen-bond donors (Lipinski definition) is 1. The Labute approximate surface area is 124 Å². The molecule has 1 atom stereocenters. The first-order valence-corrected chi connectivity index (χ1v) is 9.05. The van der Waals surface area contributed by atoms with E-state index in [4.69, 9.17) is 4.74 Å². The molecule has 2 heterocycles. The van der Waals surface area contributed by atoms with E-state index in [-0.39, 0.29) is 6.09 Å². The van der Waals surface area contributed by atoms with Gasteiger partial charge in [0.15, 0.2) is 0 Å². The van der Waals surface area contributed by atoms with Gasteiger partial charge in [-0.2, -0.15) is 23.5 Å². The molecule has 2 rings (SSSR count). The first-order valence-electron chi connectivity index (χ1n) is 6.85. The Morgan fingerprint density at radius 3 is 2.68 bits per heavy atom. The van der Waals surface area contributed by atoms with Gasteiger partial charge in [0.1, 0.15) is 5.60 Å². The van der Waals surface area contributed by atoms with Crippen molar-refractivity contribution in [1.29, 1.82) is 0 Å². The lowest BCUT2D eigenvalue weighted by Gasteiger charge is -2.40. The maximum absolute atomic E-state index is 11.8. The summed E-state index contributed by atoms with van der Waals surface area (Å²) < 4.78 is 5.34. The van der Waals surface area contributed by atoms with Crippen LogP contribution in [0, 0.1) is 0 Å². The smallest absolute Gasteiger partial charge is 0.410 e. The third-order valence-corrected chi connectivity index (χ3v) is 5.90. The number of carbonyl (C=O) groups is 1. The zero-order chi connectivity index (χ0) is 13.9. The number of ether oxygens (including phenoxy) is 1. The Bertz CT molecular complexity index is 308. The van der Waals surface area contributed by atoms with Gasteiger partial charge in [0.2, 0.25) is 0 Å². The maximum Gasteiger partial charge on any atom is 0.410 e. The monoisotopic (exact) mass is 304 g/mol. The number of hydrogen-bond acceptors (Lipinski definition) is 5. The molecule has 6 heteroatoms. The molecule has 0 aromatic carbocycles. The molecule has 0 aliphatic carbocycles. The van der Waals surface area contributed by atoms with Crippen molar-refractivity contribution in [2.75, 3.05) is 36.9 Å². The van der Waals surface area contributed by atoms with Crippen LogP contribution >= 0.6 is 23.5 Å². The fraction of sp³-hybridized carbons (Fsp3) is 0.923. The van der Waals surface area contributed by atoms with E-state index in [9.17, 15) is 4.79 Å². The van der Waals surface area contributed by atoms with Crippen LogP contribution in [0.3, 0.4) is 0 Å². The summed E-state index contributed by atoms with van der Waals surface area (Å²) in [5.74, 6) is 3.81. The van der Waals surface area contributed by atoms with E-state index in [0.717, 1.165) is 24.9 Å². The van der Waals surface area contributed by atoms with Crippen molar-refractivity contribution in [3.63, 3.8) is 0 Å². The molecule has 0 bridgehead atoms. The van der Waals surface area contributed by atoms with Gasteiger partial charge in [-0.15, -0.1) is 0 Å². The van der Waals surface area contributed by atoms with Crippen LogP contribution < -0.4 is 5.32 Å². The third kappa shape index (κ3) is 5.08. The first-order chi connectivity index (χ1) is 8.94. The van der Waals surface area contributed by atoms with Gasteiger partial charge in [-0.25, -0.2) is 4.79 Å². The van der Waals surface area contributed by atoms with Crippen LogP contribution in [-0.2, 0) is 4.74 Å². The molecule has 0 aromatic rings. The molecule has 110 valence electrons. The van der Waals surface area contributed by atoms with Crippen LogP contribution in [0.2, 0.25) is 0 Å². The molecule has 1 amide bonds. The van der Waals surface area contributed by atoms with Crippen molar-refractivity contribution in [1.82, 2.24) is 10.2 Å². The van der Waals surface area contributed by atoms with Crippen LogP contribution in [0.15, 0.2) is 0 Å². The average Bonchev–Trinajstić information content (AvgIpc) is 2.25. The summed E-state index contributed by atoms with van der Waals surface area (Å²) in [4.78, 5) is 13.5. The third-order valence-electron chi connectivity index (χ3n) is 3.05. The summed E-state index contributed by atoms with van der Waals surface area (Å²) >= 11 is 4.11. The van der Waals surface area contributed by atoms with Crippen molar-refractivity contribution in [3.8, 4) is 0 Å². The van der Waals surface area contributed by atoms with Crippen LogP contribution in [-0.4, -0.2) is 64.8 Å². The maximum atomic E-state index is 11.8. The minimum atomic E-state index is -0.397. The van der Waals surface area contributed by atoms with Crippen molar-refractivity contribution in [2.45, 2.75) is 37.7 Å². The predicted octanol–water partition coefficient (Wildman–Crippen LogP) is 2.04. The zero-order valence-corrected chi connectivity index (χ0v) is 13.6. The highest BCUT2D eigenvalue weighted by atomic mass is 32.2. The van der Waals surface area contributed by atoms with E-state index in [1.807, 2.05) is 32.5 Å². The number of amides is 1. The standard InChI is InChI=1S/C13H24N2O2S2/c1-13(2,3)17-12(16)15-7-10(8-15)14-6-11-9-18-4-5-19-11/h10-11,14H,4-9H2,1-3H3. The SMILES string of the molecule is CC(C)(C)OC(=O)N1CC(NCC2CSCCS2)C1. The van der Waals surface area contributed by atoms with Crippen LogP contribution in [0.1, 0.15) is 20.8 Å². The molecule has 2 fully saturated rings. The molecular formula is C13H24N2O2S2. The van der Waals surface area contributed by atoms with E-state index < -0.39 is 5.60 Å². The molecule has 2 aliphatic heterocycles. The topological polar surface area (TPSA) is 41.6 Å². The summed E-state index contributed by atoms with van der Waals surface area (Å²) in [6, 6.07) is 0.444. The molecule has 19 heavy (non-hydrogen) atoms. The lowest BCUT2D eigenvalue weighted by molar-refractivity contribution is 0.00545. The average molecular weight is 304 g/mol. The quantitative estimate of drug-likeness (QED) is 0.864. The van der Waals surface area contributed by atoms with Gasteiger partial charge in [-0.05, 0) is 20.8 Å². The predicted molar refractivity (Wildman–Crippen MR) is 83.2 cm³/mol. The molecule has 2 aliphatic rings. The second-order valence-corrected chi connectivity index (χ2v) is 8.62. The molecule has 4 nitrogen and oxygen atoms in total. The minimum Gasteiger partial charge on any atom is -0.444 e. The van der Waals surface area contributed by atoms with Gasteiger partial charge in [0.25, 0.3) is 0 Å². The lowest BCUT2D eigenvalue weighted by Crippen LogP contribution is -2.61. The van der Waals surface area contributed by atoms with Crippen LogP contribution in [0.25, 0.3) is 0 Å². The minimum absolute atomic E-state index is 0.187. The highest BCUT2D eigenvalue weighted by Gasteiger charge is 2.33. The summed E-state index contributed by atoms with van der Waals surface area (Å²) in [5.41, 5.74) is -0.397. The molecular weight excluding hydrogens is 280 g/mol. The van der Waals surface area contributed by atoms with E-state index in [1.54, 1.807) is 4.90 Å². The summed E-state index contributed by atoms with van der Waals surface area (Å²) in [6.07, 6.45) is -0.187. The molecule has 0 spiro atoms. The number of likely N-dealkylation sites (tertiary alicyclic amines) is 1. The Balaban J connectivity index is 1.59. The molecule has 0 radical (unpaired) electrons.